The van der Waals surface area contributed by atoms with Gasteiger partial charge in [-0.3, -0.25) is 4.57 Å². The monoisotopic (exact) mass is 685 g/mol. The number of nitrogens with zero attached hydrogens (tertiary/aromatic N) is 3. The Balaban J connectivity index is 1.34. The van der Waals surface area contributed by atoms with Crippen LogP contribution < -0.4 is 0 Å². The highest BCUT2D eigenvalue weighted by molar-refractivity contribution is 6.27. The molecule has 10 aromatic rings. The van der Waals surface area contributed by atoms with Crippen molar-refractivity contribution in [1.29, 1.82) is 0 Å². The Labute approximate surface area is 312 Å². The first-order valence-corrected chi connectivity index (χ1v) is 18.6. The molecule has 2 aliphatic carbocycles. The minimum atomic E-state index is -0.563. The van der Waals surface area contributed by atoms with E-state index in [1.54, 1.807) is 0 Å². The normalized spacial score (nSPS) is 13.3. The first-order valence-electron chi connectivity index (χ1n) is 18.6. The van der Waals surface area contributed by atoms with E-state index in [1.807, 2.05) is 0 Å². The van der Waals surface area contributed by atoms with Gasteiger partial charge in [-0.05, 0) is 61.8 Å². The largest absolute Gasteiger partial charge is 0.278 e. The summed E-state index contributed by atoms with van der Waals surface area (Å²) in [7, 11) is 0. The summed E-state index contributed by atoms with van der Waals surface area (Å²) in [5.74, 6) is 0.657. The fourth-order valence-electron chi connectivity index (χ4n) is 9.78. The second kappa shape index (κ2) is 11.0. The van der Waals surface area contributed by atoms with Crippen LogP contribution in [0.4, 0.5) is 0 Å². The van der Waals surface area contributed by atoms with Gasteiger partial charge in [0.15, 0.2) is 0 Å². The maximum absolute atomic E-state index is 5.48. The van der Waals surface area contributed by atoms with Crippen LogP contribution >= 0.6 is 0 Å². The zero-order valence-corrected chi connectivity index (χ0v) is 29.2. The molecule has 8 aromatic carbocycles. The third kappa shape index (κ3) is 3.75. The number of rotatable bonds is 3. The van der Waals surface area contributed by atoms with Gasteiger partial charge in [0.05, 0.1) is 27.8 Å². The van der Waals surface area contributed by atoms with Crippen LogP contribution in [0.2, 0.25) is 0 Å². The van der Waals surface area contributed by atoms with Gasteiger partial charge in [0.25, 0.3) is 0 Å². The predicted octanol–water partition coefficient (Wildman–Crippen LogP) is 12.4. The van der Waals surface area contributed by atoms with Crippen molar-refractivity contribution in [3.05, 3.63) is 210 Å². The standard InChI is InChI=1S/C51H31N3/c1-3-17-32(18-4-1)43-31-44(33-19-5-2-6-20-33)53-50(52-43)54-45-30-16-12-26-39(45)47-37-24-8-7-23-36(37)46-38-25-11-15-29-42(38)51(48(46)49(47)54)40-27-13-9-21-34(40)35-22-10-14-28-41(35)51/h1-31H. The molecule has 0 fully saturated rings. The third-order valence-electron chi connectivity index (χ3n) is 11.8. The molecule has 3 nitrogen and oxygen atoms in total. The van der Waals surface area contributed by atoms with Gasteiger partial charge in [-0.15, -0.1) is 0 Å². The number of para-hydroxylation sites is 1. The summed E-state index contributed by atoms with van der Waals surface area (Å²) < 4.78 is 2.38. The molecular formula is C51H31N3. The van der Waals surface area contributed by atoms with Crippen molar-refractivity contribution in [3.63, 3.8) is 0 Å². The van der Waals surface area contributed by atoms with E-state index in [0.717, 1.165) is 33.5 Å². The fraction of sp³-hybridized carbons (Fsp3) is 0.0196. The predicted molar refractivity (Wildman–Crippen MR) is 221 cm³/mol. The lowest BCUT2D eigenvalue weighted by Crippen LogP contribution is -2.26. The van der Waals surface area contributed by atoms with Crippen LogP contribution in [0.5, 0.6) is 0 Å². The molecule has 54 heavy (non-hydrogen) atoms. The van der Waals surface area contributed by atoms with Crippen molar-refractivity contribution in [3.8, 4) is 50.7 Å². The Kier molecular flexibility index (Phi) is 5.98. The number of hydrogen-bond donors (Lipinski definition) is 0. The van der Waals surface area contributed by atoms with Gasteiger partial charge >= 0.3 is 0 Å². The Morgan fingerprint density at radius 1 is 0.407 bits per heavy atom. The van der Waals surface area contributed by atoms with Gasteiger partial charge in [0, 0.05) is 27.5 Å². The molecule has 0 N–H and O–H groups in total. The summed E-state index contributed by atoms with van der Waals surface area (Å²) in [5.41, 5.74) is 15.9. The molecule has 2 heterocycles. The van der Waals surface area contributed by atoms with Gasteiger partial charge < -0.3 is 0 Å². The molecule has 0 unspecified atom stereocenters. The molecule has 3 heteroatoms. The van der Waals surface area contributed by atoms with E-state index in [1.165, 1.54) is 66.1 Å². The molecule has 0 aliphatic heterocycles. The van der Waals surface area contributed by atoms with Crippen LogP contribution in [-0.2, 0) is 5.41 Å². The highest BCUT2D eigenvalue weighted by Gasteiger charge is 2.53. The zero-order valence-electron chi connectivity index (χ0n) is 29.2. The van der Waals surface area contributed by atoms with Crippen molar-refractivity contribution >= 4 is 32.6 Å². The van der Waals surface area contributed by atoms with Crippen molar-refractivity contribution in [2.45, 2.75) is 5.41 Å². The number of hydrogen-bond acceptors (Lipinski definition) is 2. The zero-order chi connectivity index (χ0) is 35.4. The molecule has 1 spiro atoms. The second-order valence-corrected chi connectivity index (χ2v) is 14.4. The van der Waals surface area contributed by atoms with Crippen molar-refractivity contribution in [2.24, 2.45) is 0 Å². The highest BCUT2D eigenvalue weighted by atomic mass is 15.2. The SMILES string of the molecule is c1ccc(-c2cc(-c3ccccc3)nc(-n3c4ccccc4c4c5ccccc5c5c(c43)C3(c4ccccc4-c4ccccc43)c3ccccc3-5)n2)cc1. The molecule has 2 aromatic heterocycles. The average molecular weight is 686 g/mol. The lowest BCUT2D eigenvalue weighted by atomic mass is 9.70. The first kappa shape index (κ1) is 29.5. The van der Waals surface area contributed by atoms with E-state index in [-0.39, 0.29) is 0 Å². The fourth-order valence-corrected chi connectivity index (χ4v) is 9.78. The highest BCUT2D eigenvalue weighted by Crippen LogP contribution is 2.66. The topological polar surface area (TPSA) is 30.7 Å². The molecule has 250 valence electrons. The van der Waals surface area contributed by atoms with Crippen LogP contribution in [0.3, 0.4) is 0 Å². The van der Waals surface area contributed by atoms with Gasteiger partial charge in [0.2, 0.25) is 5.95 Å². The Bertz CT molecular complexity index is 3050. The summed E-state index contributed by atoms with van der Waals surface area (Å²) in [4.78, 5) is 11.0. The van der Waals surface area contributed by atoms with Crippen LogP contribution in [0.25, 0.3) is 83.3 Å². The molecule has 0 radical (unpaired) electrons. The lowest BCUT2D eigenvalue weighted by Gasteiger charge is -2.31. The Hall–Kier alpha value is -7.10. The van der Waals surface area contributed by atoms with Crippen LogP contribution in [0, 0.1) is 0 Å². The summed E-state index contributed by atoms with van der Waals surface area (Å²) in [5, 5.41) is 4.91. The minimum Gasteiger partial charge on any atom is -0.278 e. The van der Waals surface area contributed by atoms with E-state index < -0.39 is 5.41 Å². The summed E-state index contributed by atoms with van der Waals surface area (Å²) in [6, 6.07) is 68.1. The van der Waals surface area contributed by atoms with Crippen molar-refractivity contribution in [2.75, 3.05) is 0 Å². The molecule has 12 rings (SSSR count). The van der Waals surface area contributed by atoms with E-state index in [4.69, 9.17) is 9.97 Å². The molecule has 0 saturated heterocycles. The quantitative estimate of drug-likeness (QED) is 0.185. The summed E-state index contributed by atoms with van der Waals surface area (Å²) in [6.07, 6.45) is 0. The lowest BCUT2D eigenvalue weighted by molar-refractivity contribution is 0.796. The molecule has 0 bridgehead atoms. The first-order chi connectivity index (χ1) is 26.8. The molecule has 0 amide bonds. The van der Waals surface area contributed by atoms with E-state index in [2.05, 4.69) is 193 Å². The maximum Gasteiger partial charge on any atom is 0.235 e. The molecular weight excluding hydrogens is 655 g/mol. The number of benzene rings is 8. The maximum atomic E-state index is 5.48. The van der Waals surface area contributed by atoms with Gasteiger partial charge in [-0.25, -0.2) is 9.97 Å². The Morgan fingerprint density at radius 3 is 1.48 bits per heavy atom. The third-order valence-corrected chi connectivity index (χ3v) is 11.8. The minimum absolute atomic E-state index is 0.563. The molecule has 0 saturated carbocycles. The molecule has 0 atom stereocenters. The van der Waals surface area contributed by atoms with Gasteiger partial charge in [0.1, 0.15) is 0 Å². The average Bonchev–Trinajstić information content (AvgIpc) is 3.87. The van der Waals surface area contributed by atoms with E-state index >= 15 is 0 Å². The van der Waals surface area contributed by atoms with Gasteiger partial charge in [-0.1, -0.05) is 176 Å². The number of aromatic nitrogens is 3. The van der Waals surface area contributed by atoms with Crippen molar-refractivity contribution in [1.82, 2.24) is 14.5 Å². The number of fused-ring (bicyclic) bond motifs is 17. The molecule has 2 aliphatic rings. The van der Waals surface area contributed by atoms with Crippen LogP contribution in [0.15, 0.2) is 188 Å². The van der Waals surface area contributed by atoms with Crippen molar-refractivity contribution < 1.29 is 0 Å². The van der Waals surface area contributed by atoms with Crippen LogP contribution in [-0.4, -0.2) is 14.5 Å². The second-order valence-electron chi connectivity index (χ2n) is 14.4. The Morgan fingerprint density at radius 2 is 0.870 bits per heavy atom. The summed E-state index contributed by atoms with van der Waals surface area (Å²) in [6.45, 7) is 0. The smallest absolute Gasteiger partial charge is 0.235 e. The van der Waals surface area contributed by atoms with Crippen LogP contribution in [0.1, 0.15) is 22.3 Å². The van der Waals surface area contributed by atoms with E-state index in [0.29, 0.717) is 5.95 Å². The van der Waals surface area contributed by atoms with Gasteiger partial charge in [-0.2, -0.15) is 0 Å². The summed E-state index contributed by atoms with van der Waals surface area (Å²) >= 11 is 0. The van der Waals surface area contributed by atoms with E-state index in [9.17, 15) is 0 Å².